The highest BCUT2D eigenvalue weighted by molar-refractivity contribution is 5.95. The number of carbonyl (C=O) groups excluding carboxylic acids is 1. The average molecular weight is 440 g/mol. The van der Waals surface area contributed by atoms with E-state index in [1.54, 1.807) is 35.4 Å². The number of nitrogens with one attached hydrogen (secondary N) is 1. The Labute approximate surface area is 182 Å². The summed E-state index contributed by atoms with van der Waals surface area (Å²) in [6, 6.07) is 8.16. The molecular weight excluding hydrogens is 421 g/mol. The first-order valence-electron chi connectivity index (χ1n) is 9.93. The van der Waals surface area contributed by atoms with Crippen LogP contribution in [-0.4, -0.2) is 52.3 Å². The van der Waals surface area contributed by atoms with Crippen LogP contribution in [0.3, 0.4) is 0 Å². The van der Waals surface area contributed by atoms with Crippen molar-refractivity contribution in [2.24, 2.45) is 10.9 Å². The van der Waals surface area contributed by atoms with Crippen molar-refractivity contribution < 1.29 is 18.0 Å². The van der Waals surface area contributed by atoms with Gasteiger partial charge in [0.1, 0.15) is 0 Å². The van der Waals surface area contributed by atoms with Crippen LogP contribution >= 0.6 is 0 Å². The number of amides is 1. The Morgan fingerprint density at radius 2 is 2.00 bits per heavy atom. The first kappa shape index (κ1) is 21.5. The number of aliphatic imine (C=N–C) groups is 1. The van der Waals surface area contributed by atoms with Crippen molar-refractivity contribution in [2.75, 3.05) is 18.4 Å². The Morgan fingerprint density at radius 1 is 1.28 bits per heavy atom. The van der Waals surface area contributed by atoms with E-state index in [0.29, 0.717) is 30.0 Å². The summed E-state index contributed by atoms with van der Waals surface area (Å²) < 4.78 is 37.6. The molecule has 164 valence electrons. The quantitative estimate of drug-likeness (QED) is 0.764. The zero-order valence-electron chi connectivity index (χ0n) is 17.1. The highest BCUT2D eigenvalue weighted by Gasteiger charge is 2.32. The Balaban J connectivity index is 1.46. The Hall–Kier alpha value is -3.74. The molecule has 32 heavy (non-hydrogen) atoms. The number of hydrogen-bond acceptors (Lipinski definition) is 6. The van der Waals surface area contributed by atoms with Gasteiger partial charge in [-0.3, -0.25) is 9.79 Å². The molecule has 2 aliphatic heterocycles. The molecular formula is C22H19F3N6O. The van der Waals surface area contributed by atoms with Crippen LogP contribution in [0.15, 0.2) is 47.2 Å². The molecule has 2 aliphatic rings. The molecule has 10 heteroatoms. The van der Waals surface area contributed by atoms with Crippen molar-refractivity contribution in [3.05, 3.63) is 53.4 Å². The number of carbonyl (C=O) groups is 1. The van der Waals surface area contributed by atoms with Crippen LogP contribution in [0.5, 0.6) is 0 Å². The second kappa shape index (κ2) is 8.42. The van der Waals surface area contributed by atoms with Gasteiger partial charge in [0.25, 0.3) is 5.91 Å². The van der Waals surface area contributed by atoms with Crippen LogP contribution in [0.2, 0.25) is 0 Å². The van der Waals surface area contributed by atoms with Crippen LogP contribution in [0, 0.1) is 24.2 Å². The zero-order valence-corrected chi connectivity index (χ0v) is 17.1. The normalized spacial score (nSPS) is 18.2. The van der Waals surface area contributed by atoms with Crippen LogP contribution in [0.4, 0.5) is 19.1 Å². The number of benzene rings is 1. The monoisotopic (exact) mass is 440 g/mol. The first-order valence-corrected chi connectivity index (χ1v) is 9.93. The molecule has 0 bridgehead atoms. The van der Waals surface area contributed by atoms with E-state index in [0.717, 1.165) is 11.1 Å². The van der Waals surface area contributed by atoms with Crippen molar-refractivity contribution in [1.82, 2.24) is 14.9 Å². The van der Waals surface area contributed by atoms with Gasteiger partial charge in [0.15, 0.2) is 0 Å². The molecule has 0 radical (unpaired) electrons. The van der Waals surface area contributed by atoms with Gasteiger partial charge in [0.05, 0.1) is 35.8 Å². The molecule has 2 aromatic rings. The zero-order chi connectivity index (χ0) is 22.9. The predicted octanol–water partition coefficient (Wildman–Crippen LogP) is 3.75. The molecule has 1 unspecified atom stereocenters. The summed E-state index contributed by atoms with van der Waals surface area (Å²) in [5.74, 6) is 0.0153. The number of hydrogen-bond donors (Lipinski definition) is 1. The number of nitrogens with zero attached hydrogens (tertiary/aromatic N) is 5. The number of alkyl halides is 3. The van der Waals surface area contributed by atoms with Crippen LogP contribution < -0.4 is 5.32 Å². The van der Waals surface area contributed by atoms with Gasteiger partial charge in [-0.2, -0.15) is 18.4 Å². The van der Waals surface area contributed by atoms with Crippen molar-refractivity contribution in [3.63, 3.8) is 0 Å². The number of anilines is 1. The van der Waals surface area contributed by atoms with Gasteiger partial charge in [0.2, 0.25) is 5.95 Å². The van der Waals surface area contributed by atoms with E-state index in [1.807, 2.05) is 6.92 Å². The molecule has 3 heterocycles. The maximum absolute atomic E-state index is 12.5. The van der Waals surface area contributed by atoms with Gasteiger partial charge >= 0.3 is 6.18 Å². The maximum Gasteiger partial charge on any atom is 0.391 e. The standard InChI is InChI=1S/C22H19F3N6O/c1-13-9-28-21(29-18-6-17(27-10-18)7-22(23,24)25)30-19(13)15-2-4-16(5-3-15)20(32)31-11-14(8-26)12-31/h2-6,9-10,14,17H,7,11-12H2,1H3,(H,28,29,30). The third-order valence-electron chi connectivity index (χ3n) is 5.20. The van der Waals surface area contributed by atoms with Gasteiger partial charge in [0, 0.05) is 36.6 Å². The Kier molecular flexibility index (Phi) is 5.65. The molecule has 0 saturated carbocycles. The molecule has 0 aliphatic carbocycles. The van der Waals surface area contributed by atoms with E-state index in [1.165, 1.54) is 12.3 Å². The minimum absolute atomic E-state index is 0.100. The smallest absolute Gasteiger partial charge is 0.336 e. The number of aryl methyl sites for hydroxylation is 1. The molecule has 1 atom stereocenters. The molecule has 4 rings (SSSR count). The molecule has 1 aromatic carbocycles. The van der Waals surface area contributed by atoms with Gasteiger partial charge in [-0.05, 0) is 30.7 Å². The first-order chi connectivity index (χ1) is 15.2. The van der Waals surface area contributed by atoms with Gasteiger partial charge in [-0.15, -0.1) is 0 Å². The molecule has 1 fully saturated rings. The lowest BCUT2D eigenvalue weighted by Crippen LogP contribution is -2.49. The van der Waals surface area contributed by atoms with Crippen LogP contribution in [0.25, 0.3) is 11.3 Å². The van der Waals surface area contributed by atoms with E-state index >= 15 is 0 Å². The van der Waals surface area contributed by atoms with Crippen molar-refractivity contribution in [3.8, 4) is 17.3 Å². The predicted molar refractivity (Wildman–Crippen MR) is 112 cm³/mol. The lowest BCUT2D eigenvalue weighted by molar-refractivity contribution is -0.135. The fourth-order valence-corrected chi connectivity index (χ4v) is 3.49. The van der Waals surface area contributed by atoms with E-state index < -0.39 is 18.6 Å². The van der Waals surface area contributed by atoms with E-state index in [9.17, 15) is 18.0 Å². The third-order valence-corrected chi connectivity index (χ3v) is 5.20. The Morgan fingerprint density at radius 3 is 2.66 bits per heavy atom. The second-order valence-corrected chi connectivity index (χ2v) is 7.75. The molecule has 1 amide bonds. The van der Waals surface area contributed by atoms with E-state index in [4.69, 9.17) is 5.26 Å². The summed E-state index contributed by atoms with van der Waals surface area (Å²) in [4.78, 5) is 26.6. The maximum atomic E-state index is 12.5. The number of allylic oxidation sites excluding steroid dienone is 1. The fraction of sp³-hybridized carbons (Fsp3) is 0.318. The summed E-state index contributed by atoms with van der Waals surface area (Å²) in [6.45, 7) is 2.73. The average Bonchev–Trinajstić information content (AvgIpc) is 3.13. The molecule has 1 aromatic heterocycles. The molecule has 1 saturated heterocycles. The van der Waals surface area contributed by atoms with Crippen molar-refractivity contribution in [2.45, 2.75) is 25.6 Å². The summed E-state index contributed by atoms with van der Waals surface area (Å²) in [7, 11) is 0. The topological polar surface area (TPSA) is 94.3 Å². The lowest BCUT2D eigenvalue weighted by atomic mass is 10.00. The molecule has 1 N–H and O–H groups in total. The van der Waals surface area contributed by atoms with E-state index in [2.05, 4.69) is 26.3 Å². The number of aromatic nitrogens is 2. The van der Waals surface area contributed by atoms with Gasteiger partial charge in [-0.1, -0.05) is 12.1 Å². The third kappa shape index (κ3) is 4.77. The fourth-order valence-electron chi connectivity index (χ4n) is 3.49. The largest absolute Gasteiger partial charge is 0.391 e. The minimum atomic E-state index is -4.29. The number of likely N-dealkylation sites (tertiary alicyclic amines) is 1. The minimum Gasteiger partial charge on any atom is -0.336 e. The number of halogens is 3. The van der Waals surface area contributed by atoms with Crippen molar-refractivity contribution in [1.29, 1.82) is 5.26 Å². The number of rotatable bonds is 5. The number of nitriles is 1. The highest BCUT2D eigenvalue weighted by atomic mass is 19.4. The van der Waals surface area contributed by atoms with Crippen LogP contribution in [-0.2, 0) is 0 Å². The molecule has 7 nitrogen and oxygen atoms in total. The van der Waals surface area contributed by atoms with Crippen molar-refractivity contribution >= 4 is 18.1 Å². The second-order valence-electron chi connectivity index (χ2n) is 7.75. The summed E-state index contributed by atoms with van der Waals surface area (Å²) in [5.41, 5.74) is 3.14. The summed E-state index contributed by atoms with van der Waals surface area (Å²) >= 11 is 0. The van der Waals surface area contributed by atoms with Crippen LogP contribution in [0.1, 0.15) is 22.3 Å². The van der Waals surface area contributed by atoms with E-state index in [-0.39, 0.29) is 17.8 Å². The molecule has 0 spiro atoms. The van der Waals surface area contributed by atoms with Gasteiger partial charge in [-0.25, -0.2) is 9.97 Å². The lowest BCUT2D eigenvalue weighted by Gasteiger charge is -2.35. The summed E-state index contributed by atoms with van der Waals surface area (Å²) in [5, 5.41) is 11.8. The SMILES string of the molecule is Cc1cnc(NC2=CC(CC(F)(F)F)N=C2)nc1-c1ccc(C(=O)N2CC(C#N)C2)cc1. The Bertz CT molecular complexity index is 1130. The summed E-state index contributed by atoms with van der Waals surface area (Å²) in [6.07, 6.45) is -0.960. The highest BCUT2D eigenvalue weighted by Crippen LogP contribution is 2.27. The van der Waals surface area contributed by atoms with Gasteiger partial charge < -0.3 is 10.2 Å².